The molecule has 0 amide bonds. The zero-order chi connectivity index (χ0) is 36.9. The van der Waals surface area contributed by atoms with Gasteiger partial charge in [0.05, 0.1) is 5.69 Å². The van der Waals surface area contributed by atoms with Crippen LogP contribution in [0.25, 0.3) is 59.8 Å². The van der Waals surface area contributed by atoms with Crippen LogP contribution in [0.3, 0.4) is 0 Å². The third-order valence-corrected chi connectivity index (χ3v) is 13.1. The minimum absolute atomic E-state index is 0.474. The number of nitrogens with zero attached hydrogens (tertiary/aromatic N) is 1. The van der Waals surface area contributed by atoms with Crippen LogP contribution in [0.15, 0.2) is 181 Å². The fourth-order valence-electron chi connectivity index (χ4n) is 9.16. The monoisotopic (exact) mass is 725 g/mol. The predicted molar refractivity (Wildman–Crippen MR) is 240 cm³/mol. The van der Waals surface area contributed by atoms with E-state index in [0.717, 1.165) is 24.2 Å². The molecule has 1 aliphatic carbocycles. The van der Waals surface area contributed by atoms with Gasteiger partial charge in [-0.2, -0.15) is 0 Å². The highest BCUT2D eigenvalue weighted by atomic mass is 32.2. The van der Waals surface area contributed by atoms with Gasteiger partial charge in [0.2, 0.25) is 0 Å². The van der Waals surface area contributed by atoms with Crippen LogP contribution in [0.2, 0.25) is 0 Å². The average Bonchev–Trinajstić information content (AvgIpc) is 3.62. The molecule has 2 atom stereocenters. The van der Waals surface area contributed by atoms with E-state index >= 15 is 0 Å². The molecule has 2 heteroatoms. The van der Waals surface area contributed by atoms with Gasteiger partial charge in [-0.25, -0.2) is 0 Å². The van der Waals surface area contributed by atoms with Crippen LogP contribution in [-0.2, 0) is 0 Å². The summed E-state index contributed by atoms with van der Waals surface area (Å²) in [6.45, 7) is 4.30. The number of anilines is 3. The van der Waals surface area contributed by atoms with Gasteiger partial charge < -0.3 is 4.90 Å². The first kappa shape index (κ1) is 33.7. The molecular weight excluding hydrogens is 683 g/mol. The van der Waals surface area contributed by atoms with Gasteiger partial charge in [-0.3, -0.25) is 0 Å². The maximum Gasteiger partial charge on any atom is 0.0551 e. The summed E-state index contributed by atoms with van der Waals surface area (Å²) in [7, 11) is 0. The maximum absolute atomic E-state index is 2.52. The quantitative estimate of drug-likeness (QED) is 0.0914. The standard InChI is InChI=1S/C53H43NS/c1-3-13-35(14-4-2)37-25-27-40(28-26-37)54(41-29-30-46-44-19-8-7-17-42(44)43-18-9-10-20-45(43)49(46)34-41)50-32-31-48-47-21-11-12-22-51(47)55-53(48)52(50)39-24-23-36-15-5-6-16-38(36)33-39/h3,5-10,12-20,22-34,47,51H,4,11,21H2,1-2H3/b13-3-,35-14+. The second-order valence-corrected chi connectivity index (χ2v) is 16.1. The van der Waals surface area contributed by atoms with E-state index in [2.05, 4.69) is 206 Å². The molecule has 8 aromatic carbocycles. The molecule has 0 fully saturated rings. The van der Waals surface area contributed by atoms with Gasteiger partial charge in [0, 0.05) is 33.0 Å². The van der Waals surface area contributed by atoms with Gasteiger partial charge >= 0.3 is 0 Å². The van der Waals surface area contributed by atoms with Crippen molar-refractivity contribution >= 4 is 77.5 Å². The van der Waals surface area contributed by atoms with Crippen LogP contribution < -0.4 is 4.90 Å². The summed E-state index contributed by atoms with van der Waals surface area (Å²) in [5.74, 6) is 0.543. The Hall–Kier alpha value is -5.83. The Morgan fingerprint density at radius 1 is 0.673 bits per heavy atom. The van der Waals surface area contributed by atoms with Crippen molar-refractivity contribution < 1.29 is 0 Å². The first-order chi connectivity index (χ1) is 27.2. The van der Waals surface area contributed by atoms with Crippen LogP contribution in [0.4, 0.5) is 17.1 Å². The fourth-order valence-corrected chi connectivity index (χ4v) is 10.8. The summed E-state index contributed by atoms with van der Waals surface area (Å²) in [6, 6.07) is 54.8. The number of allylic oxidation sites excluding steroid dienone is 5. The van der Waals surface area contributed by atoms with Crippen molar-refractivity contribution in [3.63, 3.8) is 0 Å². The molecule has 0 saturated heterocycles. The first-order valence-electron chi connectivity index (χ1n) is 19.8. The minimum atomic E-state index is 0.474. The van der Waals surface area contributed by atoms with E-state index in [1.165, 1.54) is 87.9 Å². The Morgan fingerprint density at radius 3 is 2.07 bits per heavy atom. The Balaban J connectivity index is 1.25. The van der Waals surface area contributed by atoms with Crippen molar-refractivity contribution in [1.29, 1.82) is 0 Å². The number of fused-ring (bicyclic) bond motifs is 10. The molecule has 2 aliphatic rings. The van der Waals surface area contributed by atoms with Crippen molar-refractivity contribution in [2.75, 3.05) is 4.90 Å². The van der Waals surface area contributed by atoms with E-state index in [-0.39, 0.29) is 0 Å². The lowest BCUT2D eigenvalue weighted by molar-refractivity contribution is 0.634. The lowest BCUT2D eigenvalue weighted by atomic mass is 9.85. The predicted octanol–water partition coefficient (Wildman–Crippen LogP) is 15.7. The number of rotatable bonds is 7. The van der Waals surface area contributed by atoms with Crippen molar-refractivity contribution in [1.82, 2.24) is 0 Å². The average molecular weight is 726 g/mol. The minimum Gasteiger partial charge on any atom is -0.310 e. The maximum atomic E-state index is 2.52. The number of hydrogen-bond acceptors (Lipinski definition) is 2. The normalized spacial score (nSPS) is 16.7. The van der Waals surface area contributed by atoms with Gasteiger partial charge in [0.15, 0.2) is 0 Å². The molecule has 0 N–H and O–H groups in total. The highest BCUT2D eigenvalue weighted by Crippen LogP contribution is 2.57. The van der Waals surface area contributed by atoms with Gasteiger partial charge in [-0.1, -0.05) is 146 Å². The van der Waals surface area contributed by atoms with E-state index in [4.69, 9.17) is 0 Å². The summed E-state index contributed by atoms with van der Waals surface area (Å²) in [6.07, 6.45) is 14.9. The SMILES string of the molecule is C/C=C\C(=C/CC)c1ccc(N(c2ccc3c4ccccc4c4ccccc4c3c2)c2ccc3c(c2-c2ccc4ccccc4c2)SC2C=CCCC32)cc1. The molecule has 8 aromatic rings. The Kier molecular flexibility index (Phi) is 8.65. The molecule has 0 saturated carbocycles. The summed E-state index contributed by atoms with van der Waals surface area (Å²) < 4.78 is 0. The molecule has 1 nitrogen and oxygen atoms in total. The summed E-state index contributed by atoms with van der Waals surface area (Å²) in [5.41, 5.74) is 10.1. The Labute approximate surface area is 328 Å². The Bertz CT molecular complexity index is 2820. The molecule has 1 aliphatic heterocycles. The molecule has 266 valence electrons. The first-order valence-corrected chi connectivity index (χ1v) is 20.6. The third-order valence-electron chi connectivity index (χ3n) is 11.7. The Morgan fingerprint density at radius 2 is 1.35 bits per heavy atom. The topological polar surface area (TPSA) is 3.24 Å². The van der Waals surface area contributed by atoms with Gasteiger partial charge in [-0.05, 0) is 128 Å². The van der Waals surface area contributed by atoms with E-state index in [0.29, 0.717) is 11.2 Å². The van der Waals surface area contributed by atoms with Crippen LogP contribution in [0, 0.1) is 0 Å². The molecule has 10 rings (SSSR count). The zero-order valence-electron chi connectivity index (χ0n) is 31.4. The lowest BCUT2D eigenvalue weighted by Crippen LogP contribution is -2.13. The van der Waals surface area contributed by atoms with Crippen LogP contribution >= 0.6 is 11.8 Å². The lowest BCUT2D eigenvalue weighted by Gasteiger charge is -2.30. The summed E-state index contributed by atoms with van der Waals surface area (Å²) >= 11 is 2.06. The molecule has 0 bridgehead atoms. The molecule has 1 heterocycles. The second kappa shape index (κ2) is 14.1. The zero-order valence-corrected chi connectivity index (χ0v) is 32.2. The van der Waals surface area contributed by atoms with E-state index in [9.17, 15) is 0 Å². The van der Waals surface area contributed by atoms with Gasteiger partial charge in [0.1, 0.15) is 0 Å². The van der Waals surface area contributed by atoms with E-state index in [1.54, 1.807) is 0 Å². The largest absolute Gasteiger partial charge is 0.310 e. The van der Waals surface area contributed by atoms with Crippen LogP contribution in [0.5, 0.6) is 0 Å². The molecule has 55 heavy (non-hydrogen) atoms. The summed E-state index contributed by atoms with van der Waals surface area (Å²) in [4.78, 5) is 3.95. The molecule has 2 unspecified atom stereocenters. The highest BCUT2D eigenvalue weighted by molar-refractivity contribution is 8.00. The van der Waals surface area contributed by atoms with Gasteiger partial charge in [0.25, 0.3) is 0 Å². The second-order valence-electron chi connectivity index (χ2n) is 14.9. The van der Waals surface area contributed by atoms with E-state index < -0.39 is 0 Å². The van der Waals surface area contributed by atoms with Crippen molar-refractivity contribution in [3.8, 4) is 11.1 Å². The smallest absolute Gasteiger partial charge is 0.0551 e. The number of benzene rings is 8. The van der Waals surface area contributed by atoms with Crippen molar-refractivity contribution in [2.45, 2.75) is 49.2 Å². The molecule has 0 spiro atoms. The van der Waals surface area contributed by atoms with E-state index in [1.807, 2.05) is 0 Å². The van der Waals surface area contributed by atoms with Crippen LogP contribution in [0.1, 0.15) is 50.2 Å². The van der Waals surface area contributed by atoms with Crippen LogP contribution in [-0.4, -0.2) is 5.25 Å². The van der Waals surface area contributed by atoms with Crippen molar-refractivity contribution in [2.24, 2.45) is 0 Å². The van der Waals surface area contributed by atoms with Crippen molar-refractivity contribution in [3.05, 3.63) is 187 Å². The van der Waals surface area contributed by atoms with Gasteiger partial charge in [-0.15, -0.1) is 11.8 Å². The highest BCUT2D eigenvalue weighted by Gasteiger charge is 2.36. The summed E-state index contributed by atoms with van der Waals surface area (Å²) in [5, 5.41) is 10.7. The third kappa shape index (κ3) is 5.79. The fraction of sp³-hybridized carbons (Fsp3) is 0.132. The number of thioether (sulfide) groups is 1. The molecule has 0 radical (unpaired) electrons. The molecule has 0 aromatic heterocycles. The molecular formula is C53H43NS. The number of hydrogen-bond donors (Lipinski definition) is 0.